The number of carbonyl (C=O) groups is 1. The Morgan fingerprint density at radius 3 is 2.23 bits per heavy atom. The van der Waals surface area contributed by atoms with Crippen molar-refractivity contribution in [2.24, 2.45) is 5.73 Å². The molecule has 0 fully saturated rings. The van der Waals surface area contributed by atoms with Crippen LogP contribution in [-0.4, -0.2) is 45.9 Å². The zero-order valence-electron chi connectivity index (χ0n) is 14.9. The van der Waals surface area contributed by atoms with Crippen molar-refractivity contribution in [1.82, 2.24) is 4.31 Å². The molecular formula is C18H22N2O5S. The van der Waals surface area contributed by atoms with E-state index < -0.39 is 15.9 Å². The first-order chi connectivity index (χ1) is 12.2. The number of amides is 1. The van der Waals surface area contributed by atoms with Crippen LogP contribution in [0.25, 0.3) is 0 Å². The first-order valence-corrected chi connectivity index (χ1v) is 9.34. The summed E-state index contributed by atoms with van der Waals surface area (Å²) in [5, 5.41) is 0. The zero-order chi connectivity index (χ0) is 19.3. The zero-order valence-corrected chi connectivity index (χ0v) is 15.7. The van der Waals surface area contributed by atoms with Crippen molar-refractivity contribution in [1.29, 1.82) is 0 Å². The lowest BCUT2D eigenvalue weighted by atomic mass is 10.1. The minimum absolute atomic E-state index is 0.192. The van der Waals surface area contributed by atoms with Crippen LogP contribution in [0.3, 0.4) is 0 Å². The van der Waals surface area contributed by atoms with Crippen LogP contribution in [0.4, 0.5) is 0 Å². The Morgan fingerprint density at radius 1 is 1.04 bits per heavy atom. The number of sulfonamides is 1. The molecular weight excluding hydrogens is 356 g/mol. The van der Waals surface area contributed by atoms with Gasteiger partial charge in [-0.25, -0.2) is 12.7 Å². The van der Waals surface area contributed by atoms with E-state index in [0.29, 0.717) is 17.1 Å². The summed E-state index contributed by atoms with van der Waals surface area (Å²) in [4.78, 5) is 11.6. The SMILES string of the molecule is Cc1ccc(C(N)=O)c(OCCOc2ccc(S(=O)(=O)N(C)C)cc2)c1. The van der Waals surface area contributed by atoms with Crippen molar-refractivity contribution in [2.75, 3.05) is 27.3 Å². The molecule has 0 saturated heterocycles. The van der Waals surface area contributed by atoms with Crippen LogP contribution in [0.2, 0.25) is 0 Å². The Kier molecular flexibility index (Phi) is 6.23. The number of primary amides is 1. The third kappa shape index (κ3) is 4.74. The summed E-state index contributed by atoms with van der Waals surface area (Å²) < 4.78 is 36.3. The maximum absolute atomic E-state index is 12.0. The minimum Gasteiger partial charge on any atom is -0.490 e. The summed E-state index contributed by atoms with van der Waals surface area (Å²) in [6.45, 7) is 2.32. The number of hydrogen-bond donors (Lipinski definition) is 1. The highest BCUT2D eigenvalue weighted by Crippen LogP contribution is 2.20. The quantitative estimate of drug-likeness (QED) is 0.706. The standard InChI is InChI=1S/C18H22N2O5S/c1-13-4-9-16(18(19)21)17(12-13)25-11-10-24-14-5-7-15(8-6-14)26(22,23)20(2)3/h4-9,12H,10-11H2,1-3H3,(H2,19,21). The summed E-state index contributed by atoms with van der Waals surface area (Å²) in [6.07, 6.45) is 0. The van der Waals surface area contributed by atoms with E-state index >= 15 is 0 Å². The van der Waals surface area contributed by atoms with Gasteiger partial charge in [0.2, 0.25) is 10.0 Å². The molecule has 2 aromatic carbocycles. The molecule has 0 atom stereocenters. The van der Waals surface area contributed by atoms with Crippen LogP contribution >= 0.6 is 0 Å². The summed E-state index contributed by atoms with van der Waals surface area (Å²) in [7, 11) is -0.513. The first kappa shape index (κ1) is 19.7. The van der Waals surface area contributed by atoms with Gasteiger partial charge in [-0.05, 0) is 48.9 Å². The Morgan fingerprint density at radius 2 is 1.65 bits per heavy atom. The second-order valence-electron chi connectivity index (χ2n) is 5.82. The molecule has 1 amide bonds. The molecule has 0 aliphatic carbocycles. The molecule has 0 aliphatic heterocycles. The normalized spacial score (nSPS) is 11.4. The van der Waals surface area contributed by atoms with Crippen molar-refractivity contribution < 1.29 is 22.7 Å². The van der Waals surface area contributed by atoms with Gasteiger partial charge < -0.3 is 15.2 Å². The molecule has 0 aliphatic rings. The monoisotopic (exact) mass is 378 g/mol. The fourth-order valence-electron chi connectivity index (χ4n) is 2.18. The van der Waals surface area contributed by atoms with E-state index in [1.54, 1.807) is 30.3 Å². The molecule has 0 bridgehead atoms. The average Bonchev–Trinajstić information content (AvgIpc) is 2.58. The highest BCUT2D eigenvalue weighted by Gasteiger charge is 2.16. The minimum atomic E-state index is -3.46. The Bertz CT molecular complexity index is 877. The summed E-state index contributed by atoms with van der Waals surface area (Å²) >= 11 is 0. The van der Waals surface area contributed by atoms with Gasteiger partial charge in [-0.2, -0.15) is 0 Å². The fourth-order valence-corrected chi connectivity index (χ4v) is 3.08. The predicted molar refractivity (Wildman–Crippen MR) is 98.0 cm³/mol. The largest absolute Gasteiger partial charge is 0.490 e. The van der Waals surface area contributed by atoms with Crippen LogP contribution in [0.15, 0.2) is 47.4 Å². The van der Waals surface area contributed by atoms with Gasteiger partial charge >= 0.3 is 0 Å². The fraction of sp³-hybridized carbons (Fsp3) is 0.278. The smallest absolute Gasteiger partial charge is 0.252 e. The van der Waals surface area contributed by atoms with E-state index in [1.165, 1.54) is 26.2 Å². The molecule has 0 saturated carbocycles. The van der Waals surface area contributed by atoms with Crippen molar-refractivity contribution in [3.05, 3.63) is 53.6 Å². The molecule has 8 heteroatoms. The van der Waals surface area contributed by atoms with Crippen molar-refractivity contribution in [3.63, 3.8) is 0 Å². The number of carbonyl (C=O) groups excluding carboxylic acids is 1. The molecule has 2 rings (SSSR count). The van der Waals surface area contributed by atoms with E-state index in [9.17, 15) is 13.2 Å². The Labute approximate surface area is 153 Å². The predicted octanol–water partition coefficient (Wildman–Crippen LogP) is 1.80. The number of nitrogens with two attached hydrogens (primary N) is 1. The number of rotatable bonds is 8. The molecule has 2 N–H and O–H groups in total. The lowest BCUT2D eigenvalue weighted by Crippen LogP contribution is -2.22. The molecule has 140 valence electrons. The Hall–Kier alpha value is -2.58. The molecule has 2 aromatic rings. The van der Waals surface area contributed by atoms with Gasteiger partial charge in [0, 0.05) is 14.1 Å². The lowest BCUT2D eigenvalue weighted by molar-refractivity contribution is 0.0995. The highest BCUT2D eigenvalue weighted by atomic mass is 32.2. The first-order valence-electron chi connectivity index (χ1n) is 7.90. The number of ether oxygens (including phenoxy) is 2. The van der Waals surface area contributed by atoms with Crippen LogP contribution in [0.5, 0.6) is 11.5 Å². The van der Waals surface area contributed by atoms with Gasteiger partial charge in [-0.1, -0.05) is 6.07 Å². The van der Waals surface area contributed by atoms with Gasteiger partial charge in [-0.3, -0.25) is 4.79 Å². The molecule has 0 spiro atoms. The molecule has 7 nitrogen and oxygen atoms in total. The number of aryl methyl sites for hydroxylation is 1. The highest BCUT2D eigenvalue weighted by molar-refractivity contribution is 7.89. The van der Waals surface area contributed by atoms with Crippen LogP contribution < -0.4 is 15.2 Å². The molecule has 0 aromatic heterocycles. The third-order valence-corrected chi connectivity index (χ3v) is 5.44. The van der Waals surface area contributed by atoms with E-state index in [-0.39, 0.29) is 18.1 Å². The second kappa shape index (κ2) is 8.20. The summed E-state index contributed by atoms with van der Waals surface area (Å²) in [5.41, 5.74) is 6.59. The average molecular weight is 378 g/mol. The van der Waals surface area contributed by atoms with Crippen molar-refractivity contribution in [2.45, 2.75) is 11.8 Å². The van der Waals surface area contributed by atoms with Crippen LogP contribution in [-0.2, 0) is 10.0 Å². The summed E-state index contributed by atoms with van der Waals surface area (Å²) in [6, 6.07) is 11.3. The van der Waals surface area contributed by atoms with Crippen molar-refractivity contribution in [3.8, 4) is 11.5 Å². The third-order valence-electron chi connectivity index (χ3n) is 3.61. The molecule has 0 unspecified atom stereocenters. The number of hydrogen-bond acceptors (Lipinski definition) is 5. The topological polar surface area (TPSA) is 98.9 Å². The van der Waals surface area contributed by atoms with Gasteiger partial charge in [-0.15, -0.1) is 0 Å². The second-order valence-corrected chi connectivity index (χ2v) is 7.97. The van der Waals surface area contributed by atoms with Gasteiger partial charge in [0.15, 0.2) is 0 Å². The lowest BCUT2D eigenvalue weighted by Gasteiger charge is -2.13. The van der Waals surface area contributed by atoms with Gasteiger partial charge in [0.25, 0.3) is 5.91 Å². The number of nitrogens with zero attached hydrogens (tertiary/aromatic N) is 1. The van der Waals surface area contributed by atoms with Crippen LogP contribution in [0, 0.1) is 6.92 Å². The van der Waals surface area contributed by atoms with E-state index in [2.05, 4.69) is 0 Å². The maximum atomic E-state index is 12.0. The van der Waals surface area contributed by atoms with Crippen molar-refractivity contribution >= 4 is 15.9 Å². The molecule has 26 heavy (non-hydrogen) atoms. The van der Waals surface area contributed by atoms with E-state index in [0.717, 1.165) is 9.87 Å². The molecule has 0 heterocycles. The van der Waals surface area contributed by atoms with Crippen LogP contribution in [0.1, 0.15) is 15.9 Å². The Balaban J connectivity index is 1.93. The van der Waals surface area contributed by atoms with E-state index in [4.69, 9.17) is 15.2 Å². The molecule has 0 radical (unpaired) electrons. The van der Waals surface area contributed by atoms with Gasteiger partial charge in [0.1, 0.15) is 24.7 Å². The maximum Gasteiger partial charge on any atom is 0.252 e. The van der Waals surface area contributed by atoms with Gasteiger partial charge in [0.05, 0.1) is 10.5 Å². The summed E-state index contributed by atoms with van der Waals surface area (Å²) in [5.74, 6) is 0.373. The number of benzene rings is 2. The van der Waals surface area contributed by atoms with E-state index in [1.807, 2.05) is 6.92 Å².